The summed E-state index contributed by atoms with van der Waals surface area (Å²) >= 11 is 0. The van der Waals surface area contributed by atoms with Gasteiger partial charge < -0.3 is 0 Å². The topological polar surface area (TPSA) is 6.48 Å². The Hall–Kier alpha value is -0.0800. The van der Waals surface area contributed by atoms with Crippen molar-refractivity contribution in [1.82, 2.24) is 9.80 Å². The van der Waals surface area contributed by atoms with Crippen LogP contribution in [0.15, 0.2) is 0 Å². The van der Waals surface area contributed by atoms with Crippen molar-refractivity contribution in [1.29, 1.82) is 0 Å². The first-order valence-corrected chi connectivity index (χ1v) is 5.21. The minimum Gasteiger partial charge on any atom is -0.284 e. The second-order valence-electron chi connectivity index (χ2n) is 6.01. The molecule has 0 amide bonds. The average molecular weight is 184 g/mol. The van der Waals surface area contributed by atoms with Gasteiger partial charge in [0.25, 0.3) is 0 Å². The van der Waals surface area contributed by atoms with Crippen LogP contribution in [0.4, 0.5) is 0 Å². The molecule has 0 saturated carbocycles. The normalized spacial score (nSPS) is 22.6. The van der Waals surface area contributed by atoms with E-state index in [0.717, 1.165) is 6.67 Å². The van der Waals surface area contributed by atoms with E-state index in [0.29, 0.717) is 11.1 Å². The zero-order valence-electron chi connectivity index (χ0n) is 10.0. The third kappa shape index (κ3) is 2.68. The standard InChI is InChI=1S/C11H24N2/c1-10(2,3)12-7-8-13(9-12)11(4,5)6/h7-9H2,1-6H3. The van der Waals surface area contributed by atoms with Crippen LogP contribution in [0, 0.1) is 0 Å². The quantitative estimate of drug-likeness (QED) is 0.569. The van der Waals surface area contributed by atoms with Crippen LogP contribution in [-0.2, 0) is 0 Å². The molecule has 2 heteroatoms. The van der Waals surface area contributed by atoms with Crippen LogP contribution in [0.2, 0.25) is 0 Å². The molecule has 1 heterocycles. The molecule has 0 aliphatic carbocycles. The second-order valence-corrected chi connectivity index (χ2v) is 6.01. The molecule has 78 valence electrons. The Balaban J connectivity index is 2.55. The van der Waals surface area contributed by atoms with E-state index >= 15 is 0 Å². The molecule has 1 saturated heterocycles. The summed E-state index contributed by atoms with van der Waals surface area (Å²) in [6.45, 7) is 17.3. The van der Waals surface area contributed by atoms with Crippen LogP contribution in [-0.4, -0.2) is 40.6 Å². The van der Waals surface area contributed by atoms with Crippen molar-refractivity contribution in [3.05, 3.63) is 0 Å². The summed E-state index contributed by atoms with van der Waals surface area (Å²) in [5.41, 5.74) is 0.639. The first kappa shape index (κ1) is 11.0. The molecule has 0 bridgehead atoms. The summed E-state index contributed by atoms with van der Waals surface area (Å²) in [6, 6.07) is 0. The fourth-order valence-corrected chi connectivity index (χ4v) is 1.68. The smallest absolute Gasteiger partial charge is 0.0516 e. The van der Waals surface area contributed by atoms with Gasteiger partial charge >= 0.3 is 0 Å². The highest BCUT2D eigenvalue weighted by Crippen LogP contribution is 2.23. The zero-order valence-corrected chi connectivity index (χ0v) is 10.0. The molecule has 0 N–H and O–H groups in total. The molecule has 1 fully saturated rings. The van der Waals surface area contributed by atoms with Crippen molar-refractivity contribution in [2.75, 3.05) is 19.8 Å². The number of rotatable bonds is 0. The molecule has 0 spiro atoms. The van der Waals surface area contributed by atoms with Crippen molar-refractivity contribution in [2.45, 2.75) is 52.6 Å². The minimum absolute atomic E-state index is 0.319. The highest BCUT2D eigenvalue weighted by atomic mass is 15.4. The van der Waals surface area contributed by atoms with E-state index in [9.17, 15) is 0 Å². The maximum atomic E-state index is 2.54. The predicted molar refractivity (Wildman–Crippen MR) is 57.8 cm³/mol. The molecule has 13 heavy (non-hydrogen) atoms. The van der Waals surface area contributed by atoms with E-state index in [2.05, 4.69) is 51.3 Å². The third-order valence-corrected chi connectivity index (χ3v) is 2.88. The van der Waals surface area contributed by atoms with Crippen LogP contribution < -0.4 is 0 Å². The molecule has 1 rings (SSSR count). The van der Waals surface area contributed by atoms with Crippen molar-refractivity contribution in [2.24, 2.45) is 0 Å². The van der Waals surface area contributed by atoms with Gasteiger partial charge in [-0.3, -0.25) is 9.80 Å². The molecule has 0 atom stereocenters. The molecule has 1 aliphatic heterocycles. The first-order valence-electron chi connectivity index (χ1n) is 5.21. The largest absolute Gasteiger partial charge is 0.284 e. The summed E-state index contributed by atoms with van der Waals surface area (Å²) in [7, 11) is 0. The minimum atomic E-state index is 0.319. The van der Waals surface area contributed by atoms with Gasteiger partial charge in [-0.05, 0) is 41.5 Å². The summed E-state index contributed by atoms with van der Waals surface area (Å²) < 4.78 is 0. The van der Waals surface area contributed by atoms with E-state index in [1.807, 2.05) is 0 Å². The van der Waals surface area contributed by atoms with Crippen LogP contribution in [0.5, 0.6) is 0 Å². The molecule has 0 aromatic heterocycles. The first-order chi connectivity index (χ1) is 5.71. The van der Waals surface area contributed by atoms with Crippen LogP contribution >= 0.6 is 0 Å². The van der Waals surface area contributed by atoms with Crippen LogP contribution in [0.25, 0.3) is 0 Å². The Morgan fingerprint density at radius 2 is 1.00 bits per heavy atom. The third-order valence-electron chi connectivity index (χ3n) is 2.88. The van der Waals surface area contributed by atoms with Crippen molar-refractivity contribution < 1.29 is 0 Å². The summed E-state index contributed by atoms with van der Waals surface area (Å²) in [4.78, 5) is 5.08. The highest BCUT2D eigenvalue weighted by molar-refractivity contribution is 4.87. The van der Waals surface area contributed by atoms with Gasteiger partial charge in [-0.15, -0.1) is 0 Å². The lowest BCUT2D eigenvalue weighted by Crippen LogP contribution is -2.44. The van der Waals surface area contributed by atoms with Crippen molar-refractivity contribution in [3.63, 3.8) is 0 Å². The fourth-order valence-electron chi connectivity index (χ4n) is 1.68. The van der Waals surface area contributed by atoms with Crippen molar-refractivity contribution >= 4 is 0 Å². The van der Waals surface area contributed by atoms with Gasteiger partial charge in [0.1, 0.15) is 0 Å². The van der Waals surface area contributed by atoms with Gasteiger partial charge in [0.15, 0.2) is 0 Å². The van der Waals surface area contributed by atoms with Crippen LogP contribution in [0.3, 0.4) is 0 Å². The van der Waals surface area contributed by atoms with Crippen LogP contribution in [0.1, 0.15) is 41.5 Å². The summed E-state index contributed by atoms with van der Waals surface area (Å²) in [6.07, 6.45) is 0. The molecule has 0 unspecified atom stereocenters. The fraction of sp³-hybridized carbons (Fsp3) is 1.00. The van der Waals surface area contributed by atoms with E-state index < -0.39 is 0 Å². The monoisotopic (exact) mass is 184 g/mol. The van der Waals surface area contributed by atoms with E-state index in [-0.39, 0.29) is 0 Å². The molecule has 1 aliphatic rings. The summed E-state index contributed by atoms with van der Waals surface area (Å²) in [5.74, 6) is 0. The molecule has 0 aromatic rings. The Bertz CT molecular complexity index is 154. The molecule has 0 aromatic carbocycles. The van der Waals surface area contributed by atoms with Gasteiger partial charge in [0.2, 0.25) is 0 Å². The molecular formula is C11H24N2. The van der Waals surface area contributed by atoms with E-state index in [1.165, 1.54) is 13.1 Å². The average Bonchev–Trinajstić information content (AvgIpc) is 2.28. The Morgan fingerprint density at radius 1 is 0.692 bits per heavy atom. The molecule has 2 nitrogen and oxygen atoms in total. The highest BCUT2D eigenvalue weighted by Gasteiger charge is 2.33. The Kier molecular flexibility index (Phi) is 2.75. The predicted octanol–water partition coefficient (Wildman–Crippen LogP) is 2.16. The van der Waals surface area contributed by atoms with Gasteiger partial charge in [-0.1, -0.05) is 0 Å². The van der Waals surface area contributed by atoms with E-state index in [4.69, 9.17) is 0 Å². The van der Waals surface area contributed by atoms with E-state index in [1.54, 1.807) is 0 Å². The van der Waals surface area contributed by atoms with Gasteiger partial charge in [-0.25, -0.2) is 0 Å². The lowest BCUT2D eigenvalue weighted by Gasteiger charge is -2.35. The maximum absolute atomic E-state index is 2.54. The van der Waals surface area contributed by atoms with Gasteiger partial charge in [-0.2, -0.15) is 0 Å². The Labute approximate surface area is 82.9 Å². The zero-order chi connectivity index (χ0) is 10.3. The van der Waals surface area contributed by atoms with Crippen molar-refractivity contribution in [3.8, 4) is 0 Å². The number of nitrogens with zero attached hydrogens (tertiary/aromatic N) is 2. The summed E-state index contributed by atoms with van der Waals surface area (Å²) in [5, 5.41) is 0. The second kappa shape index (κ2) is 3.25. The lowest BCUT2D eigenvalue weighted by molar-refractivity contribution is 0.0959. The molecular weight excluding hydrogens is 160 g/mol. The molecule has 0 radical (unpaired) electrons. The Morgan fingerprint density at radius 3 is 1.15 bits per heavy atom. The maximum Gasteiger partial charge on any atom is 0.0516 e. The number of hydrogen-bond acceptors (Lipinski definition) is 2. The van der Waals surface area contributed by atoms with Gasteiger partial charge in [0, 0.05) is 24.2 Å². The lowest BCUT2D eigenvalue weighted by atomic mass is 10.1. The van der Waals surface area contributed by atoms with Gasteiger partial charge in [0.05, 0.1) is 6.67 Å². The number of hydrogen-bond donors (Lipinski definition) is 0. The SMILES string of the molecule is CC(C)(C)N1CCN(C(C)(C)C)C1.